The average molecular weight is 520 g/mol. The van der Waals surface area contributed by atoms with Crippen molar-refractivity contribution in [3.05, 3.63) is 49.9 Å². The normalized spacial score (nSPS) is 29.1. The first-order chi connectivity index (χ1) is 15.4. The summed E-state index contributed by atoms with van der Waals surface area (Å²) in [5.41, 5.74) is 1.40. The molecular formula is C22H22BrN3O7. The van der Waals surface area contributed by atoms with E-state index in [1.807, 2.05) is 0 Å². The molecule has 3 aliphatic carbocycles. The van der Waals surface area contributed by atoms with E-state index in [1.165, 1.54) is 11.0 Å². The Morgan fingerprint density at radius 1 is 1.33 bits per heavy atom. The Kier molecular flexibility index (Phi) is 5.26. The van der Waals surface area contributed by atoms with E-state index in [-0.39, 0.29) is 29.5 Å². The van der Waals surface area contributed by atoms with Crippen molar-refractivity contribution in [3.63, 3.8) is 0 Å². The smallest absolute Gasteiger partial charge is 0.254 e. The van der Waals surface area contributed by atoms with Gasteiger partial charge < -0.3 is 31.6 Å². The van der Waals surface area contributed by atoms with E-state index in [4.69, 9.17) is 11.1 Å². The van der Waals surface area contributed by atoms with Crippen molar-refractivity contribution >= 4 is 39.6 Å². The number of carbonyl (C=O) groups excluding carboxylic acids is 3. The molecule has 1 aromatic carbocycles. The van der Waals surface area contributed by atoms with Crippen LogP contribution in [0.3, 0.4) is 0 Å². The Morgan fingerprint density at radius 3 is 2.52 bits per heavy atom. The number of amides is 1. The number of likely N-dealkylation sites (N-methyl/N-ethyl adjacent to an activating group) is 1. The van der Waals surface area contributed by atoms with Crippen LogP contribution < -0.4 is 5.73 Å². The van der Waals surface area contributed by atoms with Gasteiger partial charge in [0.25, 0.3) is 5.91 Å². The molecule has 0 radical (unpaired) electrons. The Labute approximate surface area is 196 Å². The molecule has 0 heterocycles. The highest BCUT2D eigenvalue weighted by molar-refractivity contribution is 9.10. The van der Waals surface area contributed by atoms with Gasteiger partial charge in [-0.05, 0) is 44.5 Å². The number of aliphatic hydroxyl groups is 3. The topological polar surface area (TPSA) is 185 Å². The monoisotopic (exact) mass is 519 g/mol. The first-order valence-corrected chi connectivity index (χ1v) is 10.9. The van der Waals surface area contributed by atoms with Crippen LogP contribution in [0.4, 0.5) is 0 Å². The number of hydrogen-bond donors (Lipinski definition) is 6. The number of nitrogens with one attached hydrogen (secondary N) is 1. The molecule has 174 valence electrons. The number of nitrogens with zero attached hydrogens (tertiary/aromatic N) is 1. The largest absolute Gasteiger partial charge is 0.510 e. The molecule has 0 fully saturated rings. The lowest BCUT2D eigenvalue weighted by atomic mass is 9.58. The van der Waals surface area contributed by atoms with Crippen molar-refractivity contribution in [3.8, 4) is 5.75 Å². The number of aliphatic hydroxyl groups excluding tert-OH is 2. The van der Waals surface area contributed by atoms with E-state index in [0.29, 0.717) is 16.3 Å². The molecule has 10 nitrogen and oxygen atoms in total. The number of carbonyl (C=O) groups is 3. The van der Waals surface area contributed by atoms with Crippen LogP contribution >= 0.6 is 15.9 Å². The SMILES string of the molecule is CN(C)C1C(O)=C(C(N)=O)C(=N)[C@@]2(O)C(O)=C3C(=O)c4c(O)c(C=O)cc(Br)c4C[C@H]3C[C@@H]12. The Hall–Kier alpha value is -3.02. The molecule has 3 aliphatic rings. The predicted octanol–water partition coefficient (Wildman–Crippen LogP) is 1.15. The van der Waals surface area contributed by atoms with Crippen molar-refractivity contribution in [2.45, 2.75) is 24.5 Å². The summed E-state index contributed by atoms with van der Waals surface area (Å²) in [6.07, 6.45) is 0.648. The second-order valence-electron chi connectivity index (χ2n) is 8.78. The maximum atomic E-state index is 13.5. The fraction of sp³-hybridized carbons (Fsp3) is 0.364. The van der Waals surface area contributed by atoms with Gasteiger partial charge in [-0.25, -0.2) is 0 Å². The third kappa shape index (κ3) is 2.92. The molecule has 1 aromatic rings. The Morgan fingerprint density at radius 2 is 1.97 bits per heavy atom. The number of aromatic hydroxyl groups is 1. The number of primary amides is 1. The second-order valence-corrected chi connectivity index (χ2v) is 9.63. The van der Waals surface area contributed by atoms with Gasteiger partial charge in [0.15, 0.2) is 17.7 Å². The number of fused-ring (bicyclic) bond motifs is 3. The highest BCUT2D eigenvalue weighted by Crippen LogP contribution is 2.53. The molecule has 11 heteroatoms. The molecule has 0 saturated heterocycles. The number of benzene rings is 1. The van der Waals surface area contributed by atoms with Crippen LogP contribution in [0.5, 0.6) is 5.75 Å². The highest BCUT2D eigenvalue weighted by atomic mass is 79.9. The van der Waals surface area contributed by atoms with Crippen molar-refractivity contribution < 1.29 is 34.8 Å². The van der Waals surface area contributed by atoms with Gasteiger partial charge in [0.1, 0.15) is 22.8 Å². The second kappa shape index (κ2) is 7.51. The van der Waals surface area contributed by atoms with Gasteiger partial charge in [-0.1, -0.05) is 15.9 Å². The molecule has 4 atom stereocenters. The average Bonchev–Trinajstić information content (AvgIpc) is 2.72. The summed E-state index contributed by atoms with van der Waals surface area (Å²) in [5.74, 6) is -5.40. The quantitative estimate of drug-likeness (QED) is 0.321. The number of Topliss-reactive ketones (excluding diaryl/α,β-unsaturated/α-hetero) is 1. The zero-order chi connectivity index (χ0) is 24.6. The van der Waals surface area contributed by atoms with E-state index in [9.17, 15) is 34.8 Å². The van der Waals surface area contributed by atoms with Crippen LogP contribution in [0.1, 0.15) is 32.7 Å². The summed E-state index contributed by atoms with van der Waals surface area (Å²) in [6.45, 7) is 0. The molecular weight excluding hydrogens is 498 g/mol. The maximum absolute atomic E-state index is 13.5. The molecule has 1 unspecified atom stereocenters. The molecule has 0 spiro atoms. The van der Waals surface area contributed by atoms with E-state index in [2.05, 4.69) is 15.9 Å². The van der Waals surface area contributed by atoms with Gasteiger partial charge in [0, 0.05) is 16.0 Å². The molecule has 0 aliphatic heterocycles. The molecule has 4 rings (SSSR count). The van der Waals surface area contributed by atoms with Gasteiger partial charge in [-0.15, -0.1) is 0 Å². The van der Waals surface area contributed by atoms with Crippen molar-refractivity contribution in [2.24, 2.45) is 17.6 Å². The van der Waals surface area contributed by atoms with Gasteiger partial charge in [0.05, 0.1) is 22.9 Å². The lowest BCUT2D eigenvalue weighted by molar-refractivity contribution is -0.114. The fourth-order valence-electron chi connectivity index (χ4n) is 5.43. The van der Waals surface area contributed by atoms with E-state index >= 15 is 0 Å². The first kappa shape index (κ1) is 23.1. The third-order valence-electron chi connectivity index (χ3n) is 6.88. The summed E-state index contributed by atoms with van der Waals surface area (Å²) in [5, 5.41) is 52.6. The zero-order valence-electron chi connectivity index (χ0n) is 17.7. The Bertz CT molecular complexity index is 1220. The first-order valence-electron chi connectivity index (χ1n) is 10.1. The summed E-state index contributed by atoms with van der Waals surface area (Å²) >= 11 is 3.33. The lowest BCUT2D eigenvalue weighted by Crippen LogP contribution is -2.63. The third-order valence-corrected chi connectivity index (χ3v) is 7.59. The summed E-state index contributed by atoms with van der Waals surface area (Å²) in [6, 6.07) is 0.426. The number of rotatable bonds is 3. The molecule has 0 saturated carbocycles. The fourth-order valence-corrected chi connectivity index (χ4v) is 6.04. The van der Waals surface area contributed by atoms with E-state index in [0.717, 1.165) is 0 Å². The number of aldehydes is 1. The molecule has 0 bridgehead atoms. The summed E-state index contributed by atoms with van der Waals surface area (Å²) in [7, 11) is 3.20. The number of nitrogens with two attached hydrogens (primary N) is 1. The minimum atomic E-state index is -2.47. The molecule has 33 heavy (non-hydrogen) atoms. The van der Waals surface area contributed by atoms with Gasteiger partial charge >= 0.3 is 0 Å². The van der Waals surface area contributed by atoms with E-state index in [1.54, 1.807) is 14.1 Å². The van der Waals surface area contributed by atoms with Gasteiger partial charge in [0.2, 0.25) is 0 Å². The number of allylic oxidation sites excluding steroid dienone is 1. The number of ketones is 1. The van der Waals surface area contributed by atoms with Crippen LogP contribution in [0, 0.1) is 17.2 Å². The van der Waals surface area contributed by atoms with Crippen LogP contribution in [-0.2, 0) is 11.2 Å². The number of phenolic OH excluding ortho intramolecular Hbond substituents is 1. The maximum Gasteiger partial charge on any atom is 0.254 e. The van der Waals surface area contributed by atoms with Gasteiger partial charge in [-0.3, -0.25) is 19.3 Å². The van der Waals surface area contributed by atoms with Crippen molar-refractivity contribution in [2.75, 3.05) is 14.1 Å². The molecule has 0 aromatic heterocycles. The lowest BCUT2D eigenvalue weighted by Gasteiger charge is -2.51. The molecule has 1 amide bonds. The minimum Gasteiger partial charge on any atom is -0.510 e. The number of hydrogen-bond acceptors (Lipinski definition) is 9. The number of halogens is 1. The van der Waals surface area contributed by atoms with Crippen LogP contribution in [0.15, 0.2) is 33.2 Å². The number of phenols is 1. The molecule has 7 N–H and O–H groups in total. The van der Waals surface area contributed by atoms with Crippen LogP contribution in [0.2, 0.25) is 0 Å². The van der Waals surface area contributed by atoms with Crippen molar-refractivity contribution in [1.29, 1.82) is 5.41 Å². The van der Waals surface area contributed by atoms with Crippen LogP contribution in [0.25, 0.3) is 0 Å². The highest BCUT2D eigenvalue weighted by Gasteiger charge is 2.61. The van der Waals surface area contributed by atoms with Crippen molar-refractivity contribution in [1.82, 2.24) is 4.90 Å². The standard InChI is InChI=1S/C22H22BrN3O7/c1-26(2)15-10-4-7-3-9-11(23)5-8(6-27)16(28)13(9)17(29)12(7)20(31)22(10,33)19(24)14(18(15)30)21(25)32/h5-7,10,15,24,28,30-31,33H,3-4H2,1-2H3,(H2,25,32)/t7-,10-,15?,22+/m0/s1. The Balaban J connectivity index is 1.99. The minimum absolute atomic E-state index is 0.0744. The predicted molar refractivity (Wildman–Crippen MR) is 119 cm³/mol. The summed E-state index contributed by atoms with van der Waals surface area (Å²) in [4.78, 5) is 38.4. The van der Waals surface area contributed by atoms with Crippen LogP contribution in [-0.4, -0.2) is 74.8 Å². The zero-order valence-corrected chi connectivity index (χ0v) is 19.3. The summed E-state index contributed by atoms with van der Waals surface area (Å²) < 4.78 is 0.435. The van der Waals surface area contributed by atoms with E-state index < -0.39 is 63.7 Å². The van der Waals surface area contributed by atoms with Gasteiger partial charge in [-0.2, -0.15) is 0 Å².